The molecule has 5 rings (SSSR count). The molecule has 35 heavy (non-hydrogen) atoms. The first-order valence-corrected chi connectivity index (χ1v) is 13.7. The van der Waals surface area contributed by atoms with E-state index in [4.69, 9.17) is 4.98 Å². The maximum atomic E-state index is 4.88. The molecule has 5 nitrogen and oxygen atoms in total. The Bertz CT molecular complexity index is 1200. The van der Waals surface area contributed by atoms with E-state index in [9.17, 15) is 0 Å². The molecule has 2 aliphatic heterocycles. The Hall–Kier alpha value is -2.83. The average molecular weight is 486 g/mol. The number of hydrogen-bond acceptors (Lipinski definition) is 6. The number of thioether (sulfide) groups is 1. The number of nitrogens with zero attached hydrogens (tertiary/aromatic N) is 4. The van der Waals surface area contributed by atoms with Crippen LogP contribution in [0.15, 0.2) is 60.1 Å². The third-order valence-corrected chi connectivity index (χ3v) is 8.04. The lowest BCUT2D eigenvalue weighted by molar-refractivity contribution is 0.102. The Morgan fingerprint density at radius 2 is 1.83 bits per heavy atom. The van der Waals surface area contributed by atoms with Crippen molar-refractivity contribution in [3.63, 3.8) is 0 Å². The number of anilines is 2. The molecule has 182 valence electrons. The van der Waals surface area contributed by atoms with Crippen molar-refractivity contribution in [2.45, 2.75) is 63.7 Å². The zero-order chi connectivity index (χ0) is 24.5. The van der Waals surface area contributed by atoms with Gasteiger partial charge in [-0.2, -0.15) is 0 Å². The van der Waals surface area contributed by atoms with E-state index in [0.717, 1.165) is 49.6 Å². The highest BCUT2D eigenvalue weighted by Gasteiger charge is 2.33. The van der Waals surface area contributed by atoms with Crippen LogP contribution in [0.2, 0.25) is 0 Å². The molecule has 0 bridgehead atoms. The monoisotopic (exact) mass is 485 g/mol. The quantitative estimate of drug-likeness (QED) is 0.408. The second-order valence-corrected chi connectivity index (χ2v) is 10.8. The van der Waals surface area contributed by atoms with E-state index in [1.165, 1.54) is 27.1 Å². The maximum Gasteiger partial charge on any atom is 0.227 e. The first-order chi connectivity index (χ1) is 16.9. The first-order valence-electron chi connectivity index (χ1n) is 12.4. The minimum atomic E-state index is 0.457. The predicted octanol–water partition coefficient (Wildman–Crippen LogP) is 6.40. The van der Waals surface area contributed by atoms with Crippen molar-refractivity contribution in [1.29, 1.82) is 0 Å². The number of benzene rings is 2. The predicted molar refractivity (Wildman–Crippen MR) is 147 cm³/mol. The Balaban J connectivity index is 1.21. The number of piperidine rings is 1. The van der Waals surface area contributed by atoms with Gasteiger partial charge in [-0.3, -0.25) is 4.90 Å². The van der Waals surface area contributed by atoms with Gasteiger partial charge in [0.05, 0.1) is 5.69 Å². The summed E-state index contributed by atoms with van der Waals surface area (Å²) in [5.41, 5.74) is 8.29. The van der Waals surface area contributed by atoms with Crippen molar-refractivity contribution < 1.29 is 0 Å². The lowest BCUT2D eigenvalue weighted by Crippen LogP contribution is -2.46. The number of rotatable bonds is 6. The highest BCUT2D eigenvalue weighted by Crippen LogP contribution is 2.33. The lowest BCUT2D eigenvalue weighted by Gasteiger charge is -2.43. The van der Waals surface area contributed by atoms with E-state index >= 15 is 0 Å². The molecule has 2 aliphatic rings. The molecule has 1 N–H and O–H groups in total. The number of nitrogens with one attached hydrogen (secondary N) is 1. The third-order valence-electron chi connectivity index (χ3n) is 7.29. The summed E-state index contributed by atoms with van der Waals surface area (Å²) in [6, 6.07) is 16.2. The van der Waals surface area contributed by atoms with Gasteiger partial charge in [0.25, 0.3) is 0 Å². The molecule has 0 aliphatic carbocycles. The van der Waals surface area contributed by atoms with Gasteiger partial charge in [0, 0.05) is 59.8 Å². The van der Waals surface area contributed by atoms with Crippen molar-refractivity contribution in [2.75, 3.05) is 18.1 Å². The molecule has 2 atom stereocenters. The largest absolute Gasteiger partial charge is 0.369 e. The average Bonchev–Trinajstić information content (AvgIpc) is 3.26. The number of fused-ring (bicyclic) bond motifs is 1. The van der Waals surface area contributed by atoms with E-state index in [0.29, 0.717) is 18.0 Å². The van der Waals surface area contributed by atoms with Crippen LogP contribution in [0.4, 0.5) is 11.6 Å². The summed E-state index contributed by atoms with van der Waals surface area (Å²) in [6.07, 6.45) is 6.39. The topological polar surface area (TPSA) is 44.3 Å². The van der Waals surface area contributed by atoms with E-state index in [2.05, 4.69) is 96.2 Å². The fourth-order valence-electron chi connectivity index (χ4n) is 5.50. The smallest absolute Gasteiger partial charge is 0.227 e. The minimum absolute atomic E-state index is 0.457. The van der Waals surface area contributed by atoms with Crippen LogP contribution in [0.5, 0.6) is 0 Å². The molecule has 0 radical (unpaired) electrons. The fourth-order valence-corrected chi connectivity index (χ4v) is 5.91. The standard InChI is InChI=1S/C29H35N5S/c1-19-12-20(2)14-25(13-19)31-29-30-16-24-17-33(18-28(24)32-29)26-10-11-34(21(3)15-26)22(4)23-6-8-27(35-5)9-7-23/h6-9,12-14,16,21,26H,4,10-11,15,17-18H2,1-3,5H3,(H,30,31,32)/t21-,26-/m0/s1. The summed E-state index contributed by atoms with van der Waals surface area (Å²) in [6.45, 7) is 13.9. The molecular formula is C29H35N5S. The molecule has 2 aromatic carbocycles. The summed E-state index contributed by atoms with van der Waals surface area (Å²) < 4.78 is 0. The summed E-state index contributed by atoms with van der Waals surface area (Å²) in [5.74, 6) is 0.683. The van der Waals surface area contributed by atoms with Crippen LogP contribution in [0.3, 0.4) is 0 Å². The van der Waals surface area contributed by atoms with Gasteiger partial charge in [-0.15, -0.1) is 11.8 Å². The van der Waals surface area contributed by atoms with E-state index in [-0.39, 0.29) is 0 Å². The summed E-state index contributed by atoms with van der Waals surface area (Å²) in [7, 11) is 0. The van der Waals surface area contributed by atoms with E-state index in [1.807, 2.05) is 6.20 Å². The summed E-state index contributed by atoms with van der Waals surface area (Å²) >= 11 is 1.77. The van der Waals surface area contributed by atoms with Crippen LogP contribution >= 0.6 is 11.8 Å². The normalized spacial score (nSPS) is 20.1. The van der Waals surface area contributed by atoms with Crippen molar-refractivity contribution in [2.24, 2.45) is 0 Å². The van der Waals surface area contributed by atoms with Gasteiger partial charge >= 0.3 is 0 Å². The third kappa shape index (κ3) is 5.24. The van der Waals surface area contributed by atoms with Crippen molar-refractivity contribution in [3.8, 4) is 0 Å². The lowest BCUT2D eigenvalue weighted by atomic mass is 9.95. The van der Waals surface area contributed by atoms with Gasteiger partial charge in [-0.1, -0.05) is 24.8 Å². The van der Waals surface area contributed by atoms with Gasteiger partial charge < -0.3 is 10.2 Å². The Labute approximate surface area is 213 Å². The van der Waals surface area contributed by atoms with Gasteiger partial charge in [-0.05, 0) is 80.8 Å². The van der Waals surface area contributed by atoms with Crippen LogP contribution in [-0.4, -0.2) is 44.7 Å². The van der Waals surface area contributed by atoms with Crippen LogP contribution in [0.25, 0.3) is 5.70 Å². The second kappa shape index (κ2) is 10.0. The van der Waals surface area contributed by atoms with Gasteiger partial charge in [0.1, 0.15) is 0 Å². The molecule has 1 fully saturated rings. The summed E-state index contributed by atoms with van der Waals surface area (Å²) in [5, 5.41) is 3.40. The number of aryl methyl sites for hydroxylation is 2. The molecule has 0 unspecified atom stereocenters. The molecule has 0 amide bonds. The van der Waals surface area contributed by atoms with Crippen LogP contribution in [-0.2, 0) is 13.1 Å². The van der Waals surface area contributed by atoms with Gasteiger partial charge in [-0.25, -0.2) is 9.97 Å². The zero-order valence-corrected chi connectivity index (χ0v) is 22.0. The molecule has 0 saturated carbocycles. The molecule has 6 heteroatoms. The van der Waals surface area contributed by atoms with Gasteiger partial charge in [0.2, 0.25) is 5.95 Å². The van der Waals surface area contributed by atoms with Gasteiger partial charge in [0.15, 0.2) is 0 Å². The van der Waals surface area contributed by atoms with E-state index < -0.39 is 0 Å². The molecule has 1 aromatic heterocycles. The fraction of sp³-hybridized carbons (Fsp3) is 0.379. The summed E-state index contributed by atoms with van der Waals surface area (Å²) in [4.78, 5) is 15.9. The zero-order valence-electron chi connectivity index (χ0n) is 21.2. The number of aromatic nitrogens is 2. The SMILES string of the molecule is C=C(c1ccc(SC)cc1)N1CC[C@H](N2Cc3cnc(Nc4cc(C)cc(C)c4)nc3C2)C[C@@H]1C. The Morgan fingerprint density at radius 1 is 1.09 bits per heavy atom. The number of hydrogen-bond donors (Lipinski definition) is 1. The molecular weight excluding hydrogens is 450 g/mol. The van der Waals surface area contributed by atoms with Crippen molar-refractivity contribution in [1.82, 2.24) is 19.8 Å². The van der Waals surface area contributed by atoms with Crippen LogP contribution < -0.4 is 5.32 Å². The second-order valence-electron chi connectivity index (χ2n) is 9.97. The Morgan fingerprint density at radius 3 is 2.51 bits per heavy atom. The minimum Gasteiger partial charge on any atom is -0.369 e. The first kappa shape index (κ1) is 23.9. The van der Waals surface area contributed by atoms with E-state index in [1.54, 1.807) is 11.8 Å². The van der Waals surface area contributed by atoms with Crippen molar-refractivity contribution in [3.05, 3.63) is 83.2 Å². The van der Waals surface area contributed by atoms with Crippen LogP contribution in [0.1, 0.15) is 47.7 Å². The molecule has 0 spiro atoms. The molecule has 3 aromatic rings. The molecule has 3 heterocycles. The van der Waals surface area contributed by atoms with Crippen LogP contribution in [0, 0.1) is 13.8 Å². The number of likely N-dealkylation sites (tertiary alicyclic amines) is 1. The highest BCUT2D eigenvalue weighted by atomic mass is 32.2. The Kier molecular flexibility index (Phi) is 6.85. The van der Waals surface area contributed by atoms with Crippen molar-refractivity contribution >= 4 is 29.1 Å². The maximum absolute atomic E-state index is 4.88. The molecule has 1 saturated heterocycles. The highest BCUT2D eigenvalue weighted by molar-refractivity contribution is 7.98.